The monoisotopic (exact) mass is 316 g/mol. The first-order valence-corrected chi connectivity index (χ1v) is 8.24. The van der Waals surface area contributed by atoms with Crippen molar-refractivity contribution in [3.63, 3.8) is 0 Å². The molecule has 114 valence electrons. The van der Waals surface area contributed by atoms with E-state index in [-0.39, 0.29) is 4.90 Å². The molecule has 7 heteroatoms. The van der Waals surface area contributed by atoms with E-state index in [0.29, 0.717) is 16.8 Å². The van der Waals surface area contributed by atoms with E-state index >= 15 is 0 Å². The molecule has 0 aliphatic heterocycles. The summed E-state index contributed by atoms with van der Waals surface area (Å²) in [4.78, 5) is 4.25. The number of nitrogens with one attached hydrogen (secondary N) is 1. The van der Waals surface area contributed by atoms with Crippen LogP contribution < -0.4 is 4.72 Å². The van der Waals surface area contributed by atoms with E-state index in [1.54, 1.807) is 49.2 Å². The van der Waals surface area contributed by atoms with Crippen LogP contribution in [-0.4, -0.2) is 23.2 Å². The summed E-state index contributed by atoms with van der Waals surface area (Å²) in [5, 5.41) is 5.66. The van der Waals surface area contributed by atoms with Gasteiger partial charge in [0.1, 0.15) is 0 Å². The summed E-state index contributed by atoms with van der Waals surface area (Å²) < 4.78 is 29.8. The SMILES string of the molecule is Cc1nn(C)c(C)c1NS(=O)(=O)c1cccc2cnccc12. The molecule has 22 heavy (non-hydrogen) atoms. The van der Waals surface area contributed by atoms with Gasteiger partial charge in [0.25, 0.3) is 10.0 Å². The van der Waals surface area contributed by atoms with Gasteiger partial charge in [-0.2, -0.15) is 5.10 Å². The molecule has 0 atom stereocenters. The number of sulfonamides is 1. The molecule has 0 radical (unpaired) electrons. The number of benzene rings is 1. The lowest BCUT2D eigenvalue weighted by molar-refractivity contribution is 0.602. The van der Waals surface area contributed by atoms with Crippen molar-refractivity contribution in [2.45, 2.75) is 18.7 Å². The number of nitrogens with zero attached hydrogens (tertiary/aromatic N) is 3. The van der Waals surface area contributed by atoms with Gasteiger partial charge in [-0.1, -0.05) is 12.1 Å². The normalized spacial score (nSPS) is 11.8. The van der Waals surface area contributed by atoms with Crippen molar-refractivity contribution in [1.29, 1.82) is 0 Å². The molecular formula is C15H16N4O2S. The van der Waals surface area contributed by atoms with Gasteiger partial charge in [0, 0.05) is 30.2 Å². The number of hydrogen-bond donors (Lipinski definition) is 1. The molecule has 0 unspecified atom stereocenters. The predicted octanol–water partition coefficient (Wildman–Crippen LogP) is 2.39. The molecule has 2 heterocycles. The van der Waals surface area contributed by atoms with Gasteiger partial charge in [0.2, 0.25) is 0 Å². The lowest BCUT2D eigenvalue weighted by Gasteiger charge is -2.10. The number of fused-ring (bicyclic) bond motifs is 1. The minimum atomic E-state index is -3.70. The van der Waals surface area contributed by atoms with Gasteiger partial charge in [-0.05, 0) is 26.0 Å². The summed E-state index contributed by atoms with van der Waals surface area (Å²) in [6.07, 6.45) is 3.23. The number of rotatable bonds is 3. The van der Waals surface area contributed by atoms with Crippen molar-refractivity contribution in [2.24, 2.45) is 7.05 Å². The second kappa shape index (κ2) is 5.10. The highest BCUT2D eigenvalue weighted by Crippen LogP contribution is 2.26. The third-order valence-corrected chi connectivity index (χ3v) is 5.08. The Kier molecular flexibility index (Phi) is 3.37. The summed E-state index contributed by atoms with van der Waals surface area (Å²) in [5.74, 6) is 0. The molecular weight excluding hydrogens is 300 g/mol. The molecule has 2 aromatic heterocycles. The Balaban J connectivity index is 2.13. The fraction of sp³-hybridized carbons (Fsp3) is 0.200. The Morgan fingerprint density at radius 3 is 2.64 bits per heavy atom. The lowest BCUT2D eigenvalue weighted by Crippen LogP contribution is -2.14. The molecule has 0 bridgehead atoms. The van der Waals surface area contributed by atoms with Crippen LogP contribution in [0.15, 0.2) is 41.6 Å². The van der Waals surface area contributed by atoms with E-state index in [1.807, 2.05) is 13.0 Å². The second-order valence-electron chi connectivity index (χ2n) is 5.13. The van der Waals surface area contributed by atoms with Crippen LogP contribution in [0.3, 0.4) is 0 Å². The Morgan fingerprint density at radius 2 is 1.95 bits per heavy atom. The number of pyridine rings is 1. The maximum Gasteiger partial charge on any atom is 0.262 e. The fourth-order valence-electron chi connectivity index (χ4n) is 2.44. The molecule has 0 aliphatic carbocycles. The summed E-state index contributed by atoms with van der Waals surface area (Å²) in [6.45, 7) is 3.60. The van der Waals surface area contributed by atoms with Crippen LogP contribution in [-0.2, 0) is 17.1 Å². The van der Waals surface area contributed by atoms with Crippen LogP contribution in [0.2, 0.25) is 0 Å². The van der Waals surface area contributed by atoms with Gasteiger partial charge in [0.15, 0.2) is 0 Å². The van der Waals surface area contributed by atoms with Crippen LogP contribution in [0.4, 0.5) is 5.69 Å². The maximum atomic E-state index is 12.8. The summed E-state index contributed by atoms with van der Waals surface area (Å²) in [5.41, 5.74) is 1.93. The predicted molar refractivity (Wildman–Crippen MR) is 85.2 cm³/mol. The maximum absolute atomic E-state index is 12.8. The molecule has 0 saturated carbocycles. The smallest absolute Gasteiger partial charge is 0.262 e. The van der Waals surface area contributed by atoms with Gasteiger partial charge in [-0.25, -0.2) is 8.42 Å². The molecule has 3 aromatic rings. The van der Waals surface area contributed by atoms with Gasteiger partial charge >= 0.3 is 0 Å². The summed E-state index contributed by atoms with van der Waals surface area (Å²) >= 11 is 0. The first kappa shape index (κ1) is 14.5. The highest BCUT2D eigenvalue weighted by Gasteiger charge is 2.21. The minimum absolute atomic E-state index is 0.232. The molecule has 0 spiro atoms. The third kappa shape index (κ3) is 2.33. The first-order chi connectivity index (χ1) is 10.4. The number of hydrogen-bond acceptors (Lipinski definition) is 4. The molecule has 1 N–H and O–H groups in total. The average molecular weight is 316 g/mol. The summed E-state index contributed by atoms with van der Waals surface area (Å²) in [6, 6.07) is 6.84. The van der Waals surface area contributed by atoms with Crippen LogP contribution in [0.1, 0.15) is 11.4 Å². The van der Waals surface area contributed by atoms with Gasteiger partial charge in [-0.15, -0.1) is 0 Å². The highest BCUT2D eigenvalue weighted by molar-refractivity contribution is 7.93. The molecule has 0 amide bonds. The molecule has 1 aromatic carbocycles. The van der Waals surface area contributed by atoms with Crippen LogP contribution in [0.5, 0.6) is 0 Å². The van der Waals surface area contributed by atoms with Crippen molar-refractivity contribution in [3.8, 4) is 0 Å². The van der Waals surface area contributed by atoms with Crippen molar-refractivity contribution in [1.82, 2.24) is 14.8 Å². The van der Waals surface area contributed by atoms with Crippen molar-refractivity contribution < 1.29 is 8.42 Å². The number of aromatic nitrogens is 3. The molecule has 0 saturated heterocycles. The molecule has 0 aliphatic rings. The van der Waals surface area contributed by atoms with Crippen LogP contribution in [0, 0.1) is 13.8 Å². The molecule has 3 rings (SSSR count). The Labute approximate surface area is 128 Å². The largest absolute Gasteiger partial charge is 0.276 e. The van der Waals surface area contributed by atoms with E-state index in [1.165, 1.54) is 0 Å². The molecule has 0 fully saturated rings. The van der Waals surface area contributed by atoms with Gasteiger partial charge in [0.05, 0.1) is 22.0 Å². The first-order valence-electron chi connectivity index (χ1n) is 6.76. The number of aryl methyl sites for hydroxylation is 2. The van der Waals surface area contributed by atoms with Gasteiger partial charge < -0.3 is 0 Å². The van der Waals surface area contributed by atoms with Crippen LogP contribution in [0.25, 0.3) is 10.8 Å². The van der Waals surface area contributed by atoms with E-state index in [0.717, 1.165) is 11.1 Å². The zero-order valence-electron chi connectivity index (χ0n) is 12.5. The second-order valence-corrected chi connectivity index (χ2v) is 6.78. The Morgan fingerprint density at radius 1 is 1.18 bits per heavy atom. The number of anilines is 1. The standard InChI is InChI=1S/C15H16N4O2S/c1-10-15(11(2)19(3)17-10)18-22(20,21)14-6-4-5-12-9-16-8-7-13(12)14/h4-9,18H,1-3H3. The highest BCUT2D eigenvalue weighted by atomic mass is 32.2. The van der Waals surface area contributed by atoms with Gasteiger partial charge in [-0.3, -0.25) is 14.4 Å². The van der Waals surface area contributed by atoms with Crippen LogP contribution >= 0.6 is 0 Å². The Hall–Kier alpha value is -2.41. The average Bonchev–Trinajstić information content (AvgIpc) is 2.73. The van der Waals surface area contributed by atoms with E-state index in [2.05, 4.69) is 14.8 Å². The van der Waals surface area contributed by atoms with E-state index < -0.39 is 10.0 Å². The summed E-state index contributed by atoms with van der Waals surface area (Å²) in [7, 11) is -1.92. The third-order valence-electron chi connectivity index (χ3n) is 3.68. The quantitative estimate of drug-likeness (QED) is 0.805. The Bertz CT molecular complexity index is 956. The lowest BCUT2D eigenvalue weighted by atomic mass is 10.2. The van der Waals surface area contributed by atoms with Crippen molar-refractivity contribution in [2.75, 3.05) is 4.72 Å². The van der Waals surface area contributed by atoms with Crippen molar-refractivity contribution in [3.05, 3.63) is 48.0 Å². The van der Waals surface area contributed by atoms with E-state index in [4.69, 9.17) is 0 Å². The zero-order chi connectivity index (χ0) is 15.9. The fourth-order valence-corrected chi connectivity index (χ4v) is 3.85. The zero-order valence-corrected chi connectivity index (χ0v) is 13.3. The minimum Gasteiger partial charge on any atom is -0.276 e. The molecule has 6 nitrogen and oxygen atoms in total. The van der Waals surface area contributed by atoms with E-state index in [9.17, 15) is 8.42 Å². The topological polar surface area (TPSA) is 76.9 Å². The van der Waals surface area contributed by atoms with Crippen molar-refractivity contribution >= 4 is 26.5 Å².